The number of H-pyrrole nitrogens is 1. The molecule has 5 nitrogen and oxygen atoms in total. The summed E-state index contributed by atoms with van der Waals surface area (Å²) < 4.78 is 38.8. The summed E-state index contributed by atoms with van der Waals surface area (Å²) in [5.74, 6) is 0.772. The van der Waals surface area contributed by atoms with Gasteiger partial charge in [0.1, 0.15) is 5.82 Å². The molecule has 5 aromatic rings. The van der Waals surface area contributed by atoms with Gasteiger partial charge in [0.15, 0.2) is 0 Å². The molecule has 0 aliphatic rings. The van der Waals surface area contributed by atoms with Gasteiger partial charge in [0.2, 0.25) is 0 Å². The number of fused-ring (bicyclic) bond motifs is 1. The first-order valence-electron chi connectivity index (χ1n) is 9.78. The van der Waals surface area contributed by atoms with E-state index in [0.29, 0.717) is 11.8 Å². The van der Waals surface area contributed by atoms with Gasteiger partial charge in [-0.3, -0.25) is 0 Å². The van der Waals surface area contributed by atoms with Crippen molar-refractivity contribution in [2.75, 3.05) is 5.32 Å². The van der Waals surface area contributed by atoms with Crippen molar-refractivity contribution < 1.29 is 13.2 Å². The van der Waals surface area contributed by atoms with Gasteiger partial charge in [-0.1, -0.05) is 36.4 Å². The third-order valence-corrected chi connectivity index (χ3v) is 4.98. The molecule has 2 aromatic heterocycles. The standard InChI is InChI=1S/C24H16F3N5/c25-24(26,27)17-13-22(32-28-14-17)15-8-10-18(11-9-15)29-19-5-3-4-16(12-19)23-30-20-6-1-2-7-21(20)31-23/h1-14,29H,(H,30,31). The molecule has 0 spiro atoms. The number of para-hydroxylation sites is 2. The third-order valence-electron chi connectivity index (χ3n) is 4.98. The summed E-state index contributed by atoms with van der Waals surface area (Å²) in [5.41, 5.74) is 4.32. The van der Waals surface area contributed by atoms with Crippen LogP contribution in [0.4, 0.5) is 24.5 Å². The predicted molar refractivity (Wildman–Crippen MR) is 117 cm³/mol. The fraction of sp³-hybridized carbons (Fsp3) is 0.0417. The minimum atomic E-state index is -4.46. The van der Waals surface area contributed by atoms with E-state index in [2.05, 4.69) is 25.5 Å². The van der Waals surface area contributed by atoms with Gasteiger partial charge in [-0.2, -0.15) is 23.4 Å². The molecular weight excluding hydrogens is 415 g/mol. The number of rotatable bonds is 4. The zero-order valence-electron chi connectivity index (χ0n) is 16.6. The summed E-state index contributed by atoms with van der Waals surface area (Å²) in [6.45, 7) is 0. The maximum atomic E-state index is 12.9. The number of nitrogens with one attached hydrogen (secondary N) is 2. The lowest BCUT2D eigenvalue weighted by Crippen LogP contribution is -2.06. The van der Waals surface area contributed by atoms with Crippen LogP contribution < -0.4 is 5.32 Å². The molecule has 0 saturated carbocycles. The largest absolute Gasteiger partial charge is 0.418 e. The highest BCUT2D eigenvalue weighted by Crippen LogP contribution is 2.31. The average molecular weight is 431 g/mol. The number of halogens is 3. The first kappa shape index (κ1) is 19.7. The topological polar surface area (TPSA) is 66.5 Å². The Hall–Kier alpha value is -4.20. The van der Waals surface area contributed by atoms with E-state index in [0.717, 1.165) is 39.9 Å². The summed E-state index contributed by atoms with van der Waals surface area (Å²) in [4.78, 5) is 7.94. The van der Waals surface area contributed by atoms with E-state index in [9.17, 15) is 13.2 Å². The van der Waals surface area contributed by atoms with Crippen molar-refractivity contribution in [2.24, 2.45) is 0 Å². The lowest BCUT2D eigenvalue weighted by Gasteiger charge is -2.10. The molecule has 158 valence electrons. The molecule has 2 heterocycles. The monoisotopic (exact) mass is 431 g/mol. The summed E-state index contributed by atoms with van der Waals surface area (Å²) in [7, 11) is 0. The smallest absolute Gasteiger partial charge is 0.356 e. The minimum absolute atomic E-state index is 0.165. The lowest BCUT2D eigenvalue weighted by molar-refractivity contribution is -0.137. The molecule has 0 radical (unpaired) electrons. The van der Waals surface area contributed by atoms with Gasteiger partial charge in [0, 0.05) is 22.5 Å². The molecule has 5 rings (SSSR count). The van der Waals surface area contributed by atoms with Crippen molar-refractivity contribution in [3.05, 3.63) is 90.6 Å². The Morgan fingerprint density at radius 3 is 2.38 bits per heavy atom. The van der Waals surface area contributed by atoms with E-state index in [1.54, 1.807) is 24.3 Å². The minimum Gasteiger partial charge on any atom is -0.356 e. The Balaban J connectivity index is 1.37. The highest BCUT2D eigenvalue weighted by atomic mass is 19.4. The van der Waals surface area contributed by atoms with Gasteiger partial charge in [0.25, 0.3) is 0 Å². The Kier molecular flexibility index (Phi) is 4.82. The Bertz CT molecular complexity index is 1360. The molecule has 32 heavy (non-hydrogen) atoms. The third kappa shape index (κ3) is 4.02. The predicted octanol–water partition coefficient (Wildman–Crippen LogP) is 6.45. The van der Waals surface area contributed by atoms with Crippen LogP contribution in [0, 0.1) is 0 Å². The second kappa shape index (κ2) is 7.81. The molecule has 0 amide bonds. The van der Waals surface area contributed by atoms with Gasteiger partial charge in [-0.05, 0) is 42.5 Å². The molecule has 2 N–H and O–H groups in total. The maximum Gasteiger partial charge on any atom is 0.418 e. The lowest BCUT2D eigenvalue weighted by atomic mass is 10.1. The van der Waals surface area contributed by atoms with E-state index >= 15 is 0 Å². The van der Waals surface area contributed by atoms with Gasteiger partial charge in [0.05, 0.1) is 28.5 Å². The summed E-state index contributed by atoms with van der Waals surface area (Å²) >= 11 is 0. The van der Waals surface area contributed by atoms with Crippen molar-refractivity contribution in [1.82, 2.24) is 20.2 Å². The quantitative estimate of drug-likeness (QED) is 0.343. The second-order valence-corrected chi connectivity index (χ2v) is 7.21. The number of imidazole rings is 1. The summed E-state index contributed by atoms with van der Waals surface area (Å²) in [5, 5.41) is 10.6. The van der Waals surface area contributed by atoms with E-state index in [-0.39, 0.29) is 5.69 Å². The first-order chi connectivity index (χ1) is 15.5. The number of hydrogen-bond acceptors (Lipinski definition) is 4. The molecule has 0 aliphatic carbocycles. The number of hydrogen-bond donors (Lipinski definition) is 2. The molecule has 0 atom stereocenters. The number of alkyl halides is 3. The van der Waals surface area contributed by atoms with E-state index in [4.69, 9.17) is 0 Å². The molecule has 3 aromatic carbocycles. The normalized spacial score (nSPS) is 11.6. The fourth-order valence-corrected chi connectivity index (χ4v) is 3.39. The van der Waals surface area contributed by atoms with Crippen LogP contribution in [0.25, 0.3) is 33.7 Å². The molecule has 8 heteroatoms. The van der Waals surface area contributed by atoms with Crippen LogP contribution in [0.5, 0.6) is 0 Å². The second-order valence-electron chi connectivity index (χ2n) is 7.21. The van der Waals surface area contributed by atoms with Crippen molar-refractivity contribution >= 4 is 22.4 Å². The molecular formula is C24H16F3N5. The van der Waals surface area contributed by atoms with Crippen molar-refractivity contribution in [3.8, 4) is 22.6 Å². The van der Waals surface area contributed by atoms with Gasteiger partial charge < -0.3 is 10.3 Å². The van der Waals surface area contributed by atoms with Crippen LogP contribution in [0.1, 0.15) is 5.56 Å². The Labute approximate surface area is 181 Å². The molecule has 0 unspecified atom stereocenters. The highest BCUT2D eigenvalue weighted by molar-refractivity contribution is 5.80. The Morgan fingerprint density at radius 2 is 1.59 bits per heavy atom. The maximum absolute atomic E-state index is 12.9. The first-order valence-corrected chi connectivity index (χ1v) is 9.78. The molecule has 0 aliphatic heterocycles. The van der Waals surface area contributed by atoms with Crippen LogP contribution in [0.15, 0.2) is 85.1 Å². The van der Waals surface area contributed by atoms with E-state index in [1.165, 1.54) is 0 Å². The fourth-order valence-electron chi connectivity index (χ4n) is 3.39. The van der Waals surface area contributed by atoms with Crippen molar-refractivity contribution in [3.63, 3.8) is 0 Å². The van der Waals surface area contributed by atoms with Gasteiger partial charge in [-0.15, -0.1) is 0 Å². The zero-order chi connectivity index (χ0) is 22.1. The van der Waals surface area contributed by atoms with Crippen LogP contribution in [-0.4, -0.2) is 20.2 Å². The number of nitrogens with zero attached hydrogens (tertiary/aromatic N) is 3. The average Bonchev–Trinajstić information content (AvgIpc) is 3.24. The van der Waals surface area contributed by atoms with Crippen LogP contribution in [-0.2, 0) is 6.18 Å². The van der Waals surface area contributed by atoms with Crippen LogP contribution in [0.3, 0.4) is 0 Å². The van der Waals surface area contributed by atoms with Crippen molar-refractivity contribution in [2.45, 2.75) is 6.18 Å². The van der Waals surface area contributed by atoms with Crippen LogP contribution in [0.2, 0.25) is 0 Å². The SMILES string of the molecule is FC(F)(F)c1cnnc(-c2ccc(Nc3cccc(-c4nc5ccccc5[nH]4)c3)cc2)c1. The van der Waals surface area contributed by atoms with E-state index < -0.39 is 11.7 Å². The molecule has 0 fully saturated rings. The zero-order valence-corrected chi connectivity index (χ0v) is 16.6. The summed E-state index contributed by atoms with van der Waals surface area (Å²) in [6, 6.07) is 23.6. The Morgan fingerprint density at radius 1 is 0.781 bits per heavy atom. The van der Waals surface area contributed by atoms with Crippen LogP contribution >= 0.6 is 0 Å². The molecule has 0 bridgehead atoms. The number of aromatic nitrogens is 4. The number of aromatic amines is 1. The molecule has 0 saturated heterocycles. The summed E-state index contributed by atoms with van der Waals surface area (Å²) in [6.07, 6.45) is -3.74. The highest BCUT2D eigenvalue weighted by Gasteiger charge is 2.31. The van der Waals surface area contributed by atoms with Crippen molar-refractivity contribution in [1.29, 1.82) is 0 Å². The van der Waals surface area contributed by atoms with Gasteiger partial charge >= 0.3 is 6.18 Å². The number of anilines is 2. The van der Waals surface area contributed by atoms with Gasteiger partial charge in [-0.25, -0.2) is 4.98 Å². The number of benzene rings is 3. The van der Waals surface area contributed by atoms with E-state index in [1.807, 2.05) is 48.5 Å².